The zero-order chi connectivity index (χ0) is 15.8. The third-order valence-corrected chi connectivity index (χ3v) is 4.10. The van der Waals surface area contributed by atoms with Gasteiger partial charge in [0.15, 0.2) is 0 Å². The van der Waals surface area contributed by atoms with E-state index >= 15 is 0 Å². The first kappa shape index (κ1) is 15.7. The smallest absolute Gasteiger partial charge is 0.238 e. The predicted octanol–water partition coefficient (Wildman–Crippen LogP) is 2.16. The summed E-state index contributed by atoms with van der Waals surface area (Å²) in [7, 11) is -3.68. The fraction of sp³-hybridized carbons (Fsp3) is 0.429. The second kappa shape index (κ2) is 5.57. The van der Waals surface area contributed by atoms with Gasteiger partial charge in [-0.2, -0.15) is 0 Å². The lowest BCUT2D eigenvalue weighted by Gasteiger charge is -2.14. The number of nitrogens with two attached hydrogens (primary N) is 1. The van der Waals surface area contributed by atoms with Gasteiger partial charge < -0.3 is 0 Å². The molecule has 7 heteroatoms. The van der Waals surface area contributed by atoms with Crippen LogP contribution in [0.5, 0.6) is 0 Å². The minimum absolute atomic E-state index is 0.0940. The van der Waals surface area contributed by atoms with Gasteiger partial charge in [-0.25, -0.2) is 13.6 Å². The largest absolute Gasteiger partial charge is 0.283 e. The maximum atomic E-state index is 11.3. The molecule has 2 N–H and O–H groups in total. The van der Waals surface area contributed by atoms with E-state index in [1.54, 1.807) is 12.1 Å². The van der Waals surface area contributed by atoms with Crippen molar-refractivity contribution in [1.82, 2.24) is 14.8 Å². The van der Waals surface area contributed by atoms with Crippen molar-refractivity contribution in [2.75, 3.05) is 0 Å². The molecule has 0 aliphatic rings. The molecule has 0 atom stereocenters. The van der Waals surface area contributed by atoms with Gasteiger partial charge in [-0.1, -0.05) is 27.7 Å². The lowest BCUT2D eigenvalue weighted by molar-refractivity contribution is 0.597. The quantitative estimate of drug-likeness (QED) is 0.937. The molecular weight excluding hydrogens is 288 g/mol. The van der Waals surface area contributed by atoms with Crippen molar-refractivity contribution in [3.63, 3.8) is 0 Å². The molecule has 0 spiro atoms. The molecule has 21 heavy (non-hydrogen) atoms. The Morgan fingerprint density at radius 2 is 1.38 bits per heavy atom. The normalized spacial score (nSPS) is 12.3. The van der Waals surface area contributed by atoms with Gasteiger partial charge in [-0.3, -0.25) is 4.57 Å². The molecule has 0 fully saturated rings. The summed E-state index contributed by atoms with van der Waals surface area (Å²) < 4.78 is 24.6. The van der Waals surface area contributed by atoms with E-state index in [9.17, 15) is 8.42 Å². The summed E-state index contributed by atoms with van der Waals surface area (Å²) in [6, 6.07) is 6.44. The summed E-state index contributed by atoms with van der Waals surface area (Å²) in [6.45, 7) is 8.18. The first-order valence-electron chi connectivity index (χ1n) is 6.80. The van der Waals surface area contributed by atoms with Crippen LogP contribution in [0.15, 0.2) is 29.2 Å². The molecule has 0 saturated heterocycles. The lowest BCUT2D eigenvalue weighted by atomic mass is 10.1. The molecule has 1 aromatic heterocycles. The van der Waals surface area contributed by atoms with Crippen LogP contribution in [-0.2, 0) is 10.0 Å². The van der Waals surface area contributed by atoms with Crippen LogP contribution in [0.2, 0.25) is 0 Å². The van der Waals surface area contributed by atoms with Crippen molar-refractivity contribution in [2.45, 2.75) is 44.4 Å². The Bertz CT molecular complexity index is 705. The van der Waals surface area contributed by atoms with Gasteiger partial charge in [0.1, 0.15) is 11.6 Å². The number of hydrogen-bond donors (Lipinski definition) is 1. The van der Waals surface area contributed by atoms with Crippen LogP contribution in [0.3, 0.4) is 0 Å². The highest BCUT2D eigenvalue weighted by molar-refractivity contribution is 7.89. The van der Waals surface area contributed by atoms with Gasteiger partial charge in [0.05, 0.1) is 4.90 Å². The van der Waals surface area contributed by atoms with Crippen LogP contribution in [0.1, 0.15) is 51.2 Å². The first-order valence-corrected chi connectivity index (χ1v) is 8.35. The molecule has 0 bridgehead atoms. The van der Waals surface area contributed by atoms with Crippen molar-refractivity contribution in [2.24, 2.45) is 5.14 Å². The fourth-order valence-corrected chi connectivity index (χ4v) is 2.62. The van der Waals surface area contributed by atoms with E-state index in [-0.39, 0.29) is 16.7 Å². The summed E-state index contributed by atoms with van der Waals surface area (Å²) in [6.07, 6.45) is 0. The standard InChI is InChI=1S/C14H20N4O2S/c1-9(2)13-16-17-14(10(3)4)18(13)11-5-7-12(8-6-11)21(15,19)20/h5-10H,1-4H3,(H2,15,19,20). The van der Waals surface area contributed by atoms with Crippen LogP contribution in [-0.4, -0.2) is 23.2 Å². The third-order valence-electron chi connectivity index (χ3n) is 3.17. The average Bonchev–Trinajstić information content (AvgIpc) is 2.82. The number of benzene rings is 1. The van der Waals surface area contributed by atoms with Gasteiger partial charge in [-0.15, -0.1) is 10.2 Å². The third kappa shape index (κ3) is 3.14. The summed E-state index contributed by atoms with van der Waals surface area (Å²) in [5, 5.41) is 13.6. The lowest BCUT2D eigenvalue weighted by Crippen LogP contribution is -2.13. The van der Waals surface area contributed by atoms with Gasteiger partial charge >= 0.3 is 0 Å². The number of hydrogen-bond acceptors (Lipinski definition) is 4. The zero-order valence-electron chi connectivity index (χ0n) is 12.6. The molecule has 0 unspecified atom stereocenters. The molecule has 0 saturated carbocycles. The molecule has 2 aromatic rings. The Labute approximate surface area is 125 Å². The van der Waals surface area contributed by atoms with Crippen molar-refractivity contribution in [1.29, 1.82) is 0 Å². The minimum Gasteiger partial charge on any atom is -0.283 e. The molecule has 1 heterocycles. The highest BCUT2D eigenvalue weighted by atomic mass is 32.2. The summed E-state index contributed by atoms with van der Waals surface area (Å²) in [4.78, 5) is 0.0940. The highest BCUT2D eigenvalue weighted by Gasteiger charge is 2.19. The van der Waals surface area contributed by atoms with Gasteiger partial charge in [-0.05, 0) is 24.3 Å². The number of aromatic nitrogens is 3. The number of nitrogens with zero attached hydrogens (tertiary/aromatic N) is 3. The second-order valence-electron chi connectivity index (χ2n) is 5.60. The van der Waals surface area contributed by atoms with E-state index in [0.29, 0.717) is 0 Å². The number of rotatable bonds is 4. The summed E-state index contributed by atoms with van der Waals surface area (Å²) >= 11 is 0. The van der Waals surface area contributed by atoms with Crippen LogP contribution < -0.4 is 5.14 Å². The maximum absolute atomic E-state index is 11.3. The number of primary sulfonamides is 1. The van der Waals surface area contributed by atoms with E-state index in [4.69, 9.17) is 5.14 Å². The molecule has 0 radical (unpaired) electrons. The van der Waals surface area contributed by atoms with Crippen molar-refractivity contribution in [3.8, 4) is 5.69 Å². The van der Waals surface area contributed by atoms with E-state index in [2.05, 4.69) is 10.2 Å². The Kier molecular flexibility index (Phi) is 4.15. The molecule has 6 nitrogen and oxygen atoms in total. The summed E-state index contributed by atoms with van der Waals surface area (Å²) in [5.41, 5.74) is 0.833. The molecule has 2 rings (SSSR count). The van der Waals surface area contributed by atoms with E-state index < -0.39 is 10.0 Å². The van der Waals surface area contributed by atoms with Crippen LogP contribution in [0.25, 0.3) is 5.69 Å². The molecule has 0 amide bonds. The number of sulfonamides is 1. The maximum Gasteiger partial charge on any atom is 0.238 e. The van der Waals surface area contributed by atoms with E-state index in [1.807, 2.05) is 32.3 Å². The molecule has 0 aliphatic heterocycles. The Morgan fingerprint density at radius 1 is 0.952 bits per heavy atom. The first-order chi connectivity index (χ1) is 9.71. The molecular formula is C14H20N4O2S. The van der Waals surface area contributed by atoms with E-state index in [1.165, 1.54) is 12.1 Å². The van der Waals surface area contributed by atoms with Gasteiger partial charge in [0.25, 0.3) is 0 Å². The van der Waals surface area contributed by atoms with Gasteiger partial charge in [0.2, 0.25) is 10.0 Å². The Morgan fingerprint density at radius 3 is 1.71 bits per heavy atom. The zero-order valence-corrected chi connectivity index (χ0v) is 13.4. The van der Waals surface area contributed by atoms with Crippen molar-refractivity contribution in [3.05, 3.63) is 35.9 Å². The Balaban J connectivity index is 2.58. The monoisotopic (exact) mass is 308 g/mol. The van der Waals surface area contributed by atoms with Gasteiger partial charge in [0, 0.05) is 17.5 Å². The van der Waals surface area contributed by atoms with Crippen LogP contribution in [0, 0.1) is 0 Å². The molecule has 0 aliphatic carbocycles. The molecule has 114 valence electrons. The van der Waals surface area contributed by atoms with Crippen LogP contribution in [0.4, 0.5) is 0 Å². The van der Waals surface area contributed by atoms with E-state index in [0.717, 1.165) is 17.3 Å². The fourth-order valence-electron chi connectivity index (χ4n) is 2.11. The summed E-state index contributed by atoms with van der Waals surface area (Å²) in [5.74, 6) is 2.12. The highest BCUT2D eigenvalue weighted by Crippen LogP contribution is 2.24. The van der Waals surface area contributed by atoms with Crippen LogP contribution >= 0.6 is 0 Å². The SMILES string of the molecule is CC(C)c1nnc(C(C)C)n1-c1ccc(S(N)(=O)=O)cc1. The minimum atomic E-state index is -3.68. The van der Waals surface area contributed by atoms with Crippen molar-refractivity contribution >= 4 is 10.0 Å². The van der Waals surface area contributed by atoms with Crippen molar-refractivity contribution < 1.29 is 8.42 Å². The second-order valence-corrected chi connectivity index (χ2v) is 7.16. The predicted molar refractivity (Wildman–Crippen MR) is 80.9 cm³/mol. The molecule has 1 aromatic carbocycles. The topological polar surface area (TPSA) is 90.9 Å². The Hall–Kier alpha value is -1.73. The average molecular weight is 308 g/mol.